The van der Waals surface area contributed by atoms with Crippen molar-refractivity contribution >= 4 is 5.91 Å². The van der Waals surface area contributed by atoms with E-state index >= 15 is 0 Å². The Labute approximate surface area is 123 Å². The molecule has 2 aromatic rings. The smallest absolute Gasteiger partial charge is 0.254 e. The van der Waals surface area contributed by atoms with Crippen molar-refractivity contribution in [1.82, 2.24) is 14.9 Å². The number of nitrogens with one attached hydrogen (secondary N) is 1. The van der Waals surface area contributed by atoms with Crippen molar-refractivity contribution in [1.29, 1.82) is 0 Å². The lowest BCUT2D eigenvalue weighted by Gasteiger charge is -2.21. The molecule has 0 radical (unpaired) electrons. The predicted octanol–water partition coefficient (Wildman–Crippen LogP) is 1.78. The molecule has 1 N–H and O–H groups in total. The third-order valence-electron chi connectivity index (χ3n) is 3.31. The summed E-state index contributed by atoms with van der Waals surface area (Å²) in [4.78, 5) is 32.3. The fraction of sp³-hybridized carbons (Fsp3) is 0.312. The van der Waals surface area contributed by atoms with Crippen LogP contribution in [-0.2, 0) is 6.42 Å². The van der Waals surface area contributed by atoms with Crippen LogP contribution in [-0.4, -0.2) is 33.9 Å². The van der Waals surface area contributed by atoms with Gasteiger partial charge in [-0.1, -0.05) is 0 Å². The van der Waals surface area contributed by atoms with E-state index in [2.05, 4.69) is 9.97 Å². The summed E-state index contributed by atoms with van der Waals surface area (Å²) < 4.78 is 0. The number of likely N-dealkylation sites (N-methyl/N-ethyl adjacent to an activating group) is 1. The second-order valence-corrected chi connectivity index (χ2v) is 4.91. The third kappa shape index (κ3) is 4.02. The Bertz CT molecular complexity index is 665. The van der Waals surface area contributed by atoms with Crippen LogP contribution in [0.2, 0.25) is 0 Å². The quantitative estimate of drug-likeness (QED) is 0.910. The molecule has 0 aliphatic carbocycles. The summed E-state index contributed by atoms with van der Waals surface area (Å²) in [6.07, 6.45) is 4.26. The molecule has 0 saturated carbocycles. The maximum Gasteiger partial charge on any atom is 0.254 e. The van der Waals surface area contributed by atoms with E-state index in [-0.39, 0.29) is 11.5 Å². The summed E-state index contributed by atoms with van der Waals surface area (Å²) in [5, 5.41) is 0. The minimum Gasteiger partial charge on any atom is -0.339 e. The molecule has 0 aliphatic heterocycles. The number of H-pyrrole nitrogens is 1. The lowest BCUT2D eigenvalue weighted by atomic mass is 10.1. The fourth-order valence-electron chi connectivity index (χ4n) is 2.21. The van der Waals surface area contributed by atoms with Gasteiger partial charge in [-0.05, 0) is 44.0 Å². The fourth-order valence-corrected chi connectivity index (χ4v) is 2.21. The van der Waals surface area contributed by atoms with Crippen LogP contribution < -0.4 is 5.56 Å². The van der Waals surface area contributed by atoms with Gasteiger partial charge in [0.25, 0.3) is 5.91 Å². The van der Waals surface area contributed by atoms with Crippen LogP contribution in [0.3, 0.4) is 0 Å². The van der Waals surface area contributed by atoms with Gasteiger partial charge in [0.05, 0.1) is 0 Å². The molecular weight excluding hydrogens is 266 g/mol. The predicted molar refractivity (Wildman–Crippen MR) is 81.3 cm³/mol. The normalized spacial score (nSPS) is 10.4. The van der Waals surface area contributed by atoms with Crippen molar-refractivity contribution in [2.75, 3.05) is 13.1 Å². The molecule has 21 heavy (non-hydrogen) atoms. The molecule has 0 unspecified atom stereocenters. The minimum atomic E-state index is -0.247. The number of rotatable bonds is 5. The number of aromatic amines is 1. The van der Waals surface area contributed by atoms with Crippen LogP contribution in [0.4, 0.5) is 0 Å². The molecule has 5 heteroatoms. The molecule has 2 aromatic heterocycles. The Morgan fingerprint density at radius 1 is 1.29 bits per heavy atom. The van der Waals surface area contributed by atoms with Gasteiger partial charge >= 0.3 is 0 Å². The summed E-state index contributed by atoms with van der Waals surface area (Å²) in [7, 11) is 0. The highest BCUT2D eigenvalue weighted by molar-refractivity contribution is 5.94. The Hall–Kier alpha value is -2.43. The number of carbonyl (C=O) groups is 1. The van der Waals surface area contributed by atoms with Gasteiger partial charge in [0.15, 0.2) is 0 Å². The Morgan fingerprint density at radius 2 is 2.00 bits per heavy atom. The number of aromatic nitrogens is 2. The second kappa shape index (κ2) is 6.83. The first-order valence-corrected chi connectivity index (χ1v) is 6.99. The number of carbonyl (C=O) groups excluding carboxylic acids is 1. The van der Waals surface area contributed by atoms with Crippen molar-refractivity contribution in [2.45, 2.75) is 20.3 Å². The first-order valence-electron chi connectivity index (χ1n) is 6.99. The van der Waals surface area contributed by atoms with E-state index in [4.69, 9.17) is 0 Å². The van der Waals surface area contributed by atoms with Crippen molar-refractivity contribution < 1.29 is 4.79 Å². The monoisotopic (exact) mass is 285 g/mol. The zero-order chi connectivity index (χ0) is 15.2. The Morgan fingerprint density at radius 3 is 2.62 bits per heavy atom. The molecule has 0 aromatic carbocycles. The van der Waals surface area contributed by atoms with Crippen molar-refractivity contribution in [3.63, 3.8) is 0 Å². The van der Waals surface area contributed by atoms with Gasteiger partial charge in [0.2, 0.25) is 5.56 Å². The summed E-state index contributed by atoms with van der Waals surface area (Å²) in [5.74, 6) is -0.110. The number of hydrogen-bond donors (Lipinski definition) is 1. The zero-order valence-electron chi connectivity index (χ0n) is 12.3. The van der Waals surface area contributed by atoms with E-state index in [1.54, 1.807) is 30.3 Å². The standard InChI is InChI=1S/C16H19N3O2/c1-3-19(9-6-13-4-7-17-8-5-13)16(21)14-10-12(2)18-15(20)11-14/h4-5,7-8,10-11H,3,6,9H2,1-2H3,(H,18,20). The van der Waals surface area contributed by atoms with Crippen LogP contribution in [0.1, 0.15) is 28.5 Å². The molecule has 2 heterocycles. The summed E-state index contributed by atoms with van der Waals surface area (Å²) in [6.45, 7) is 4.93. The number of nitrogens with zero attached hydrogens (tertiary/aromatic N) is 2. The lowest BCUT2D eigenvalue weighted by molar-refractivity contribution is 0.0766. The zero-order valence-corrected chi connectivity index (χ0v) is 12.3. The molecule has 0 atom stereocenters. The molecular formula is C16H19N3O2. The maximum absolute atomic E-state index is 12.5. The first kappa shape index (κ1) is 15.0. The van der Waals surface area contributed by atoms with E-state index in [9.17, 15) is 9.59 Å². The van der Waals surface area contributed by atoms with Gasteiger partial charge in [0.1, 0.15) is 0 Å². The molecule has 1 amide bonds. The van der Waals surface area contributed by atoms with Gasteiger partial charge in [-0.3, -0.25) is 14.6 Å². The first-order chi connectivity index (χ1) is 10.1. The molecule has 0 aliphatic rings. The SMILES string of the molecule is CCN(CCc1ccncc1)C(=O)c1cc(C)[nH]c(=O)c1. The minimum absolute atomic E-state index is 0.110. The lowest BCUT2D eigenvalue weighted by Crippen LogP contribution is -2.33. The molecule has 110 valence electrons. The van der Waals surface area contributed by atoms with E-state index in [0.717, 1.165) is 12.0 Å². The molecule has 5 nitrogen and oxygen atoms in total. The van der Waals surface area contributed by atoms with E-state index in [0.29, 0.717) is 24.3 Å². The van der Waals surface area contributed by atoms with Gasteiger partial charge in [-0.2, -0.15) is 0 Å². The average Bonchev–Trinajstić information content (AvgIpc) is 2.47. The largest absolute Gasteiger partial charge is 0.339 e. The highest BCUT2D eigenvalue weighted by Crippen LogP contribution is 2.06. The number of pyridine rings is 2. The van der Waals surface area contributed by atoms with Crippen LogP contribution in [0.5, 0.6) is 0 Å². The maximum atomic E-state index is 12.5. The summed E-state index contributed by atoms with van der Waals surface area (Å²) >= 11 is 0. The van der Waals surface area contributed by atoms with Crippen molar-refractivity contribution in [3.8, 4) is 0 Å². The van der Waals surface area contributed by atoms with Crippen LogP contribution in [0.25, 0.3) is 0 Å². The van der Waals surface area contributed by atoms with Gasteiger partial charge in [-0.25, -0.2) is 0 Å². The Kier molecular flexibility index (Phi) is 4.87. The van der Waals surface area contributed by atoms with Crippen molar-refractivity contribution in [2.24, 2.45) is 0 Å². The van der Waals surface area contributed by atoms with E-state index in [1.807, 2.05) is 19.1 Å². The Balaban J connectivity index is 2.09. The van der Waals surface area contributed by atoms with Gasteiger partial charge < -0.3 is 9.88 Å². The molecule has 0 saturated heterocycles. The van der Waals surface area contributed by atoms with Gasteiger partial charge in [-0.15, -0.1) is 0 Å². The number of aryl methyl sites for hydroxylation is 1. The average molecular weight is 285 g/mol. The molecule has 0 spiro atoms. The van der Waals surface area contributed by atoms with Gasteiger partial charge in [0, 0.05) is 42.8 Å². The summed E-state index contributed by atoms with van der Waals surface area (Å²) in [5.41, 5.74) is 2.02. The van der Waals surface area contributed by atoms with Crippen molar-refractivity contribution in [3.05, 3.63) is 63.8 Å². The van der Waals surface area contributed by atoms with Crippen LogP contribution >= 0.6 is 0 Å². The third-order valence-corrected chi connectivity index (χ3v) is 3.31. The number of hydrogen-bond acceptors (Lipinski definition) is 3. The molecule has 2 rings (SSSR count). The van der Waals surface area contributed by atoms with E-state index < -0.39 is 0 Å². The molecule has 0 bridgehead atoms. The highest BCUT2D eigenvalue weighted by Gasteiger charge is 2.15. The second-order valence-electron chi connectivity index (χ2n) is 4.91. The molecule has 0 fully saturated rings. The summed E-state index contributed by atoms with van der Waals surface area (Å²) in [6, 6.07) is 6.94. The van der Waals surface area contributed by atoms with Crippen LogP contribution in [0, 0.1) is 6.92 Å². The topological polar surface area (TPSA) is 66.1 Å². The highest BCUT2D eigenvalue weighted by atomic mass is 16.2. The van der Waals surface area contributed by atoms with Crippen LogP contribution in [0.15, 0.2) is 41.5 Å². The number of amides is 1. The van der Waals surface area contributed by atoms with E-state index in [1.165, 1.54) is 6.07 Å².